The third kappa shape index (κ3) is 4.63. The van der Waals surface area contributed by atoms with Crippen molar-refractivity contribution in [3.63, 3.8) is 0 Å². The van der Waals surface area contributed by atoms with Crippen LogP contribution in [0.2, 0.25) is 0 Å². The maximum Gasteiger partial charge on any atom is 0.155 e. The fourth-order valence-electron chi connectivity index (χ4n) is 2.18. The lowest BCUT2D eigenvalue weighted by molar-refractivity contribution is 0.563. The minimum atomic E-state index is -3.28. The summed E-state index contributed by atoms with van der Waals surface area (Å²) in [6.45, 7) is 3.88. The van der Waals surface area contributed by atoms with Crippen molar-refractivity contribution in [2.45, 2.75) is 50.0 Å². The molecule has 0 radical (unpaired) electrons. The molecule has 114 valence electrons. The van der Waals surface area contributed by atoms with Crippen LogP contribution < -0.4 is 0 Å². The summed E-state index contributed by atoms with van der Waals surface area (Å²) < 4.78 is 49.0. The van der Waals surface area contributed by atoms with Gasteiger partial charge < -0.3 is 0 Å². The lowest BCUT2D eigenvalue weighted by Gasteiger charge is -2.19. The highest BCUT2D eigenvalue weighted by Crippen LogP contribution is 2.31. The summed E-state index contributed by atoms with van der Waals surface area (Å²) in [5, 5.41) is -1.38. The van der Waals surface area contributed by atoms with Gasteiger partial charge in [-0.25, -0.2) is 16.8 Å². The summed E-state index contributed by atoms with van der Waals surface area (Å²) >= 11 is 1.45. The van der Waals surface area contributed by atoms with Gasteiger partial charge in [0.15, 0.2) is 19.7 Å². The van der Waals surface area contributed by atoms with E-state index in [1.165, 1.54) is 11.8 Å². The first kappa shape index (κ1) is 17.3. The zero-order chi connectivity index (χ0) is 14.5. The first-order chi connectivity index (χ1) is 8.85. The summed E-state index contributed by atoms with van der Waals surface area (Å²) in [7, 11) is -6.56. The lowest BCUT2D eigenvalue weighted by atomic mass is 10.4. The zero-order valence-corrected chi connectivity index (χ0v) is 14.1. The molecule has 0 N–H and O–H groups in total. The van der Waals surface area contributed by atoms with Crippen molar-refractivity contribution in [2.75, 3.05) is 23.0 Å². The van der Waals surface area contributed by atoms with Crippen LogP contribution in [0.3, 0.4) is 0 Å². The normalized spacial score (nSPS) is 24.7. The minimum absolute atomic E-state index is 0.120. The maximum atomic E-state index is 12.2. The van der Waals surface area contributed by atoms with E-state index in [1.807, 2.05) is 13.8 Å². The number of hydrogen-bond donors (Lipinski definition) is 0. The van der Waals surface area contributed by atoms with Crippen LogP contribution in [0.4, 0.5) is 0 Å². The first-order valence-electron chi connectivity index (χ1n) is 6.86. The monoisotopic (exact) mass is 328 g/mol. The second-order valence-corrected chi connectivity index (χ2v) is 10.8. The molecule has 1 heterocycles. The summed E-state index contributed by atoms with van der Waals surface area (Å²) in [6.07, 6.45) is 2.86. The molecule has 1 aliphatic rings. The second-order valence-electron chi connectivity index (χ2n) is 5.06. The molecule has 4 nitrogen and oxygen atoms in total. The van der Waals surface area contributed by atoms with Crippen molar-refractivity contribution in [3.8, 4) is 0 Å². The third-order valence-corrected chi connectivity index (χ3v) is 9.80. The van der Waals surface area contributed by atoms with E-state index in [-0.39, 0.29) is 11.5 Å². The fraction of sp³-hybridized carbons (Fsp3) is 1.00. The Labute approximate surface area is 121 Å². The van der Waals surface area contributed by atoms with Crippen LogP contribution in [0.5, 0.6) is 0 Å². The number of rotatable bonds is 8. The Morgan fingerprint density at radius 3 is 1.53 bits per heavy atom. The Bertz CT molecular complexity index is 423. The molecule has 1 aliphatic heterocycles. The molecule has 1 rings (SSSR count). The van der Waals surface area contributed by atoms with Gasteiger partial charge in [0.1, 0.15) is 0 Å². The third-order valence-electron chi connectivity index (χ3n) is 3.47. The van der Waals surface area contributed by atoms with Crippen molar-refractivity contribution in [1.82, 2.24) is 0 Å². The Kier molecular flexibility index (Phi) is 6.66. The van der Waals surface area contributed by atoms with Crippen LogP contribution in [-0.2, 0) is 19.7 Å². The number of sulfone groups is 2. The summed E-state index contributed by atoms with van der Waals surface area (Å²) in [5.74, 6) is 1.10. The Balaban J connectivity index is 2.84. The summed E-state index contributed by atoms with van der Waals surface area (Å²) in [4.78, 5) is 0. The van der Waals surface area contributed by atoms with E-state index in [4.69, 9.17) is 0 Å². The van der Waals surface area contributed by atoms with Gasteiger partial charge in [-0.15, -0.1) is 0 Å². The molecule has 7 heteroatoms. The van der Waals surface area contributed by atoms with E-state index >= 15 is 0 Å². The van der Waals surface area contributed by atoms with Gasteiger partial charge in [-0.05, 0) is 12.8 Å². The number of unbranched alkanes of at least 4 members (excludes halogenated alkanes) is 2. The predicted molar refractivity (Wildman–Crippen MR) is 82.3 cm³/mol. The van der Waals surface area contributed by atoms with Gasteiger partial charge in [0.2, 0.25) is 0 Å². The molecule has 0 aliphatic carbocycles. The Morgan fingerprint density at radius 1 is 0.842 bits per heavy atom. The van der Waals surface area contributed by atoms with E-state index in [1.54, 1.807) is 0 Å². The van der Waals surface area contributed by atoms with Crippen LogP contribution in [0.25, 0.3) is 0 Å². The molecule has 1 saturated heterocycles. The molecule has 0 aromatic carbocycles. The fourth-order valence-corrected chi connectivity index (χ4v) is 9.84. The van der Waals surface area contributed by atoms with E-state index in [0.717, 1.165) is 12.8 Å². The van der Waals surface area contributed by atoms with Gasteiger partial charge in [-0.2, -0.15) is 11.8 Å². The average Bonchev–Trinajstić information content (AvgIpc) is 2.85. The lowest BCUT2D eigenvalue weighted by Crippen LogP contribution is -2.40. The molecule has 0 aromatic heterocycles. The molecule has 1 fully saturated rings. The van der Waals surface area contributed by atoms with Gasteiger partial charge in [-0.3, -0.25) is 0 Å². The molecule has 0 amide bonds. The highest BCUT2D eigenvalue weighted by Gasteiger charge is 2.44. The average molecular weight is 329 g/mol. The van der Waals surface area contributed by atoms with Gasteiger partial charge in [-0.1, -0.05) is 26.7 Å². The largest absolute Gasteiger partial charge is 0.228 e. The van der Waals surface area contributed by atoms with E-state index < -0.39 is 30.2 Å². The minimum Gasteiger partial charge on any atom is -0.228 e. The van der Waals surface area contributed by atoms with E-state index in [2.05, 4.69) is 0 Å². The standard InChI is InChI=1S/C12H24O4S3/c1-3-5-7-18(13,14)11-9-17-10-12(11)19(15,16)8-6-4-2/h11-12H,3-10H2,1-2H3. The van der Waals surface area contributed by atoms with Crippen molar-refractivity contribution in [3.05, 3.63) is 0 Å². The van der Waals surface area contributed by atoms with Crippen LogP contribution >= 0.6 is 11.8 Å². The second kappa shape index (κ2) is 7.31. The van der Waals surface area contributed by atoms with Gasteiger partial charge in [0.05, 0.1) is 22.0 Å². The smallest absolute Gasteiger partial charge is 0.155 e. The van der Waals surface area contributed by atoms with Gasteiger partial charge >= 0.3 is 0 Å². The van der Waals surface area contributed by atoms with Crippen molar-refractivity contribution >= 4 is 31.4 Å². The van der Waals surface area contributed by atoms with E-state index in [9.17, 15) is 16.8 Å². The van der Waals surface area contributed by atoms with Crippen molar-refractivity contribution in [1.29, 1.82) is 0 Å². The number of thioether (sulfide) groups is 1. The molecular formula is C12H24O4S3. The molecule has 0 bridgehead atoms. The van der Waals surface area contributed by atoms with Crippen LogP contribution in [0.15, 0.2) is 0 Å². The zero-order valence-electron chi connectivity index (χ0n) is 11.7. The van der Waals surface area contributed by atoms with Gasteiger partial charge in [0, 0.05) is 11.5 Å². The quantitative estimate of drug-likeness (QED) is 0.681. The highest BCUT2D eigenvalue weighted by atomic mass is 32.2. The molecule has 0 spiro atoms. The molecule has 19 heavy (non-hydrogen) atoms. The SMILES string of the molecule is CCCCS(=O)(=O)C1CSCC1S(=O)(=O)CCCC. The highest BCUT2D eigenvalue weighted by molar-refractivity contribution is 8.04. The van der Waals surface area contributed by atoms with E-state index in [0.29, 0.717) is 24.3 Å². The molecule has 0 aromatic rings. The topological polar surface area (TPSA) is 68.3 Å². The number of hydrogen-bond acceptors (Lipinski definition) is 5. The summed E-state index contributed by atoms with van der Waals surface area (Å²) in [6, 6.07) is 0. The molecule has 2 unspecified atom stereocenters. The van der Waals surface area contributed by atoms with Gasteiger partial charge in [0.25, 0.3) is 0 Å². The maximum absolute atomic E-state index is 12.2. The molecular weight excluding hydrogens is 304 g/mol. The first-order valence-corrected chi connectivity index (χ1v) is 11.4. The Hall–Kier alpha value is 0.250. The van der Waals surface area contributed by atoms with Crippen LogP contribution in [0.1, 0.15) is 39.5 Å². The van der Waals surface area contributed by atoms with Crippen LogP contribution in [0, 0.1) is 0 Å². The van der Waals surface area contributed by atoms with Crippen LogP contribution in [-0.4, -0.2) is 50.3 Å². The molecule has 2 atom stereocenters. The van der Waals surface area contributed by atoms with Crippen molar-refractivity contribution in [2.24, 2.45) is 0 Å². The summed E-state index contributed by atoms with van der Waals surface area (Å²) in [5.41, 5.74) is 0. The predicted octanol–water partition coefficient (Wildman–Crippen LogP) is 1.90. The van der Waals surface area contributed by atoms with Crippen molar-refractivity contribution < 1.29 is 16.8 Å². The Morgan fingerprint density at radius 2 is 1.21 bits per heavy atom. The molecule has 0 saturated carbocycles.